The van der Waals surface area contributed by atoms with E-state index >= 15 is 0 Å². The molecular weight excluding hydrogens is 349 g/mol. The second-order valence-electron chi connectivity index (χ2n) is 5.27. The molecule has 0 spiro atoms. The first kappa shape index (κ1) is 16.9. The van der Waals surface area contributed by atoms with Crippen molar-refractivity contribution in [2.75, 3.05) is 5.32 Å². The summed E-state index contributed by atoms with van der Waals surface area (Å²) in [6.45, 7) is 0. The van der Waals surface area contributed by atoms with Crippen molar-refractivity contribution in [3.05, 3.63) is 58.4 Å². The van der Waals surface area contributed by atoms with Gasteiger partial charge in [-0.25, -0.2) is 13.2 Å². The molecule has 9 heteroatoms. The number of halogens is 5. The molecule has 0 unspecified atom stereocenters. The molecule has 0 bridgehead atoms. The van der Waals surface area contributed by atoms with E-state index in [1.807, 2.05) is 0 Å². The van der Waals surface area contributed by atoms with Gasteiger partial charge in [-0.05, 0) is 17.2 Å². The molecule has 0 aromatic heterocycles. The maximum absolute atomic E-state index is 13.5. The number of nitrogens with one attached hydrogen (secondary N) is 1. The molecule has 0 atom stereocenters. The normalized spacial score (nSPS) is 12.8. The molecule has 0 aliphatic carbocycles. The van der Waals surface area contributed by atoms with Crippen molar-refractivity contribution in [3.63, 3.8) is 0 Å². The Hall–Kier alpha value is -2.97. The molecule has 0 radical (unpaired) electrons. The lowest BCUT2D eigenvalue weighted by Crippen LogP contribution is -2.15. The van der Waals surface area contributed by atoms with Gasteiger partial charge in [0.25, 0.3) is 0 Å². The number of ether oxygens (including phenoxy) is 1. The third-order valence-electron chi connectivity index (χ3n) is 3.53. The first-order chi connectivity index (χ1) is 11.8. The van der Waals surface area contributed by atoms with Crippen LogP contribution in [0.25, 0.3) is 0 Å². The Morgan fingerprint density at radius 3 is 2.24 bits per heavy atom. The number of carbonyl (C=O) groups excluding carboxylic acids is 2. The minimum Gasteiger partial charge on any atom is -0.420 e. The van der Waals surface area contributed by atoms with E-state index in [1.54, 1.807) is 0 Å². The number of rotatable bonds is 3. The highest BCUT2D eigenvalue weighted by Gasteiger charge is 2.28. The van der Waals surface area contributed by atoms with Gasteiger partial charge >= 0.3 is 5.97 Å². The Morgan fingerprint density at radius 1 is 1.00 bits per heavy atom. The van der Waals surface area contributed by atoms with Crippen LogP contribution < -0.4 is 10.1 Å². The van der Waals surface area contributed by atoms with Gasteiger partial charge < -0.3 is 10.1 Å². The van der Waals surface area contributed by atoms with Crippen molar-refractivity contribution in [1.82, 2.24) is 0 Å². The Balaban J connectivity index is 1.80. The van der Waals surface area contributed by atoms with E-state index in [0.717, 1.165) is 0 Å². The Morgan fingerprint density at radius 2 is 1.60 bits per heavy atom. The molecule has 3 rings (SSSR count). The second-order valence-corrected chi connectivity index (χ2v) is 5.27. The summed E-state index contributed by atoms with van der Waals surface area (Å²) in [6, 6.07) is 4.50. The molecule has 4 nitrogen and oxygen atoms in total. The molecule has 1 aliphatic heterocycles. The summed E-state index contributed by atoms with van der Waals surface area (Å²) in [4.78, 5) is 23.0. The number of fused-ring (bicyclic) bond motifs is 1. The third-order valence-corrected chi connectivity index (χ3v) is 3.53. The van der Waals surface area contributed by atoms with E-state index in [1.165, 1.54) is 18.2 Å². The zero-order valence-corrected chi connectivity index (χ0v) is 12.3. The third kappa shape index (κ3) is 3.04. The number of hydrogen-bond acceptors (Lipinski definition) is 3. The topological polar surface area (TPSA) is 55.4 Å². The van der Waals surface area contributed by atoms with Crippen molar-refractivity contribution in [3.8, 4) is 5.75 Å². The molecular formula is C16H8F5NO3. The van der Waals surface area contributed by atoms with Gasteiger partial charge in [-0.2, -0.15) is 8.78 Å². The maximum Gasteiger partial charge on any atom is 0.315 e. The number of amides is 1. The van der Waals surface area contributed by atoms with Crippen LogP contribution in [0.4, 0.5) is 27.6 Å². The van der Waals surface area contributed by atoms with Gasteiger partial charge in [-0.1, -0.05) is 12.1 Å². The zero-order valence-electron chi connectivity index (χ0n) is 12.3. The van der Waals surface area contributed by atoms with E-state index in [0.29, 0.717) is 16.8 Å². The highest BCUT2D eigenvalue weighted by Crippen LogP contribution is 2.30. The van der Waals surface area contributed by atoms with Gasteiger partial charge in [0, 0.05) is 5.69 Å². The quantitative estimate of drug-likeness (QED) is 0.302. The summed E-state index contributed by atoms with van der Waals surface area (Å²) < 4.78 is 70.4. The summed E-state index contributed by atoms with van der Waals surface area (Å²) in [5.41, 5.74) is 1.54. The predicted octanol–water partition coefficient (Wildman–Crippen LogP) is 3.02. The molecule has 0 fully saturated rings. The fourth-order valence-corrected chi connectivity index (χ4v) is 2.38. The lowest BCUT2D eigenvalue weighted by atomic mass is 10.1. The van der Waals surface area contributed by atoms with Crippen LogP contribution in [0.1, 0.15) is 11.1 Å². The molecule has 0 saturated heterocycles. The zero-order chi connectivity index (χ0) is 18.3. The van der Waals surface area contributed by atoms with Crippen molar-refractivity contribution >= 4 is 17.6 Å². The lowest BCUT2D eigenvalue weighted by Gasteiger charge is -2.09. The molecule has 1 amide bonds. The van der Waals surface area contributed by atoms with Gasteiger partial charge in [0.1, 0.15) is 0 Å². The maximum atomic E-state index is 13.5. The molecule has 130 valence electrons. The Bertz CT molecular complexity index is 884. The number of anilines is 1. The first-order valence-electron chi connectivity index (χ1n) is 6.91. The minimum absolute atomic E-state index is 0.107. The molecule has 1 N–H and O–H groups in total. The Kier molecular flexibility index (Phi) is 4.15. The van der Waals surface area contributed by atoms with E-state index in [4.69, 9.17) is 0 Å². The standard InChI is InChI=1S/C16H8F5NO3/c17-11-12(18)14(20)16(15(21)13(11)19)25-10(24)4-6-1-2-8-7(3-6)5-9(23)22-8/h1-3H,4-5H2,(H,22,23). The number of esters is 1. The molecule has 0 saturated carbocycles. The van der Waals surface area contributed by atoms with Gasteiger partial charge in [-0.3, -0.25) is 9.59 Å². The van der Waals surface area contributed by atoms with E-state index in [-0.39, 0.29) is 12.3 Å². The molecule has 2 aromatic carbocycles. The highest BCUT2D eigenvalue weighted by atomic mass is 19.2. The van der Waals surface area contributed by atoms with Crippen LogP contribution in [0, 0.1) is 29.1 Å². The molecule has 2 aromatic rings. The van der Waals surface area contributed by atoms with Crippen LogP contribution in [-0.2, 0) is 22.4 Å². The van der Waals surface area contributed by atoms with Gasteiger partial charge in [-0.15, -0.1) is 0 Å². The van der Waals surface area contributed by atoms with Crippen molar-refractivity contribution < 1.29 is 36.3 Å². The summed E-state index contributed by atoms with van der Waals surface area (Å²) in [6.07, 6.45) is -0.378. The SMILES string of the molecule is O=C1Cc2cc(CC(=O)Oc3c(F)c(F)c(F)c(F)c3F)ccc2N1. The van der Waals surface area contributed by atoms with E-state index < -0.39 is 47.2 Å². The van der Waals surface area contributed by atoms with Crippen molar-refractivity contribution in [1.29, 1.82) is 0 Å². The lowest BCUT2D eigenvalue weighted by molar-refractivity contribution is -0.134. The summed E-state index contributed by atoms with van der Waals surface area (Å²) in [7, 11) is 0. The largest absolute Gasteiger partial charge is 0.420 e. The van der Waals surface area contributed by atoms with Gasteiger partial charge in [0.2, 0.25) is 40.7 Å². The Labute approximate surface area is 137 Å². The van der Waals surface area contributed by atoms with E-state index in [9.17, 15) is 31.5 Å². The summed E-state index contributed by atoms with van der Waals surface area (Å²) >= 11 is 0. The van der Waals surface area contributed by atoms with Crippen molar-refractivity contribution in [2.24, 2.45) is 0 Å². The van der Waals surface area contributed by atoms with Crippen LogP contribution in [0.2, 0.25) is 0 Å². The predicted molar refractivity (Wildman–Crippen MR) is 74.3 cm³/mol. The smallest absolute Gasteiger partial charge is 0.315 e. The number of benzene rings is 2. The fourth-order valence-electron chi connectivity index (χ4n) is 2.38. The van der Waals surface area contributed by atoms with Gasteiger partial charge in [0.15, 0.2) is 0 Å². The van der Waals surface area contributed by atoms with Crippen LogP contribution in [0.15, 0.2) is 18.2 Å². The molecule has 1 heterocycles. The number of carbonyl (C=O) groups is 2. The molecule has 25 heavy (non-hydrogen) atoms. The average molecular weight is 357 g/mol. The van der Waals surface area contributed by atoms with Crippen LogP contribution in [0.3, 0.4) is 0 Å². The molecule has 1 aliphatic rings. The second kappa shape index (κ2) is 6.15. The monoisotopic (exact) mass is 357 g/mol. The van der Waals surface area contributed by atoms with Gasteiger partial charge in [0.05, 0.1) is 12.8 Å². The summed E-state index contributed by atoms with van der Waals surface area (Å²) in [5, 5.41) is 2.58. The minimum atomic E-state index is -2.34. The van der Waals surface area contributed by atoms with Crippen LogP contribution in [-0.4, -0.2) is 11.9 Å². The first-order valence-corrected chi connectivity index (χ1v) is 6.91. The fraction of sp³-hybridized carbons (Fsp3) is 0.125. The number of hydrogen-bond donors (Lipinski definition) is 1. The highest BCUT2D eigenvalue weighted by molar-refractivity contribution is 5.99. The van der Waals surface area contributed by atoms with Crippen LogP contribution >= 0.6 is 0 Å². The van der Waals surface area contributed by atoms with Crippen LogP contribution in [0.5, 0.6) is 5.75 Å². The summed E-state index contributed by atoms with van der Waals surface area (Å²) in [5.74, 6) is -14.3. The average Bonchev–Trinajstić information content (AvgIpc) is 2.94. The van der Waals surface area contributed by atoms with E-state index in [2.05, 4.69) is 10.1 Å². The van der Waals surface area contributed by atoms with Crippen molar-refractivity contribution in [2.45, 2.75) is 12.8 Å².